The minimum atomic E-state index is -0.555. The molecule has 10 saturated carbocycles. The predicted molar refractivity (Wildman–Crippen MR) is 233 cm³/mol. The van der Waals surface area contributed by atoms with Crippen LogP contribution in [0.1, 0.15) is 172 Å². The van der Waals surface area contributed by atoms with Crippen molar-refractivity contribution in [1.29, 1.82) is 0 Å². The summed E-state index contributed by atoms with van der Waals surface area (Å²) >= 11 is 0. The molecule has 1 heterocycles. The van der Waals surface area contributed by atoms with Crippen LogP contribution in [0.5, 0.6) is 0 Å². The SMILES string of the molecule is CCC(C)(C)C(=O)OC12CC3CC(CC(O)(C3)C1)C2.CCC(C)(C)C(=O)OC1C2CC3C(=O)OC1C3C2.CCC(C)(C)C(=O)OCCOCC(=O)OC1(C)C2CC3CC(C2)CC1C3. The molecule has 1 N–H and O–H groups in total. The zero-order valence-corrected chi connectivity index (χ0v) is 40.2. The molecule has 11 aliphatic rings. The average molecular weight is 885 g/mol. The normalized spacial score (nSPS) is 39.7. The first-order valence-corrected chi connectivity index (χ1v) is 24.8. The lowest BCUT2D eigenvalue weighted by Gasteiger charge is -2.59. The summed E-state index contributed by atoms with van der Waals surface area (Å²) in [5, 5.41) is 10.6. The zero-order chi connectivity index (χ0) is 45.9. The predicted octanol–water partition coefficient (Wildman–Crippen LogP) is 8.71. The number of esters is 5. The quantitative estimate of drug-likeness (QED) is 0.101. The second-order valence-corrected chi connectivity index (χ2v) is 23.9. The van der Waals surface area contributed by atoms with Crippen LogP contribution in [0.15, 0.2) is 0 Å². The first-order valence-electron chi connectivity index (χ1n) is 24.8. The van der Waals surface area contributed by atoms with E-state index < -0.39 is 21.8 Å². The third kappa shape index (κ3) is 9.88. The summed E-state index contributed by atoms with van der Waals surface area (Å²) in [7, 11) is 0. The van der Waals surface area contributed by atoms with Crippen LogP contribution in [0, 0.1) is 69.5 Å². The molecule has 11 fully saturated rings. The number of fused-ring (bicyclic) bond motifs is 1. The molecule has 7 unspecified atom stereocenters. The van der Waals surface area contributed by atoms with Gasteiger partial charge in [0.1, 0.15) is 36.6 Å². The summed E-state index contributed by atoms with van der Waals surface area (Å²) in [5.74, 6) is 3.70. The lowest BCUT2D eigenvalue weighted by molar-refractivity contribution is -0.225. The van der Waals surface area contributed by atoms with Crippen molar-refractivity contribution in [2.45, 2.75) is 201 Å². The number of hydrogen-bond acceptors (Lipinski definition) is 12. The Kier molecular flexibility index (Phi) is 13.6. The van der Waals surface area contributed by atoms with Crippen LogP contribution >= 0.6 is 0 Å². The molecular weight excluding hydrogens is 805 g/mol. The van der Waals surface area contributed by atoms with Crippen molar-refractivity contribution < 1.29 is 57.5 Å². The van der Waals surface area contributed by atoms with Crippen LogP contribution < -0.4 is 0 Å². The number of carbonyl (C=O) groups excluding carboxylic acids is 5. The summed E-state index contributed by atoms with van der Waals surface area (Å²) in [4.78, 5) is 60.3. The smallest absolute Gasteiger partial charge is 0.332 e. The van der Waals surface area contributed by atoms with Crippen molar-refractivity contribution in [2.24, 2.45) is 69.5 Å². The summed E-state index contributed by atoms with van der Waals surface area (Å²) < 4.78 is 33.6. The fourth-order valence-electron chi connectivity index (χ4n) is 13.5. The Labute approximate surface area is 376 Å². The Hall–Kier alpha value is -2.73. The summed E-state index contributed by atoms with van der Waals surface area (Å²) in [6, 6.07) is 0. The van der Waals surface area contributed by atoms with E-state index in [0.29, 0.717) is 41.9 Å². The van der Waals surface area contributed by atoms with Gasteiger partial charge in [0.2, 0.25) is 0 Å². The highest BCUT2D eigenvalue weighted by Gasteiger charge is 2.64. The van der Waals surface area contributed by atoms with Gasteiger partial charge in [0.15, 0.2) is 0 Å². The highest BCUT2D eigenvalue weighted by atomic mass is 16.6. The topological polar surface area (TPSA) is 161 Å². The van der Waals surface area contributed by atoms with Gasteiger partial charge >= 0.3 is 29.8 Å². The van der Waals surface area contributed by atoms with Gasteiger partial charge in [-0.2, -0.15) is 0 Å². The van der Waals surface area contributed by atoms with E-state index >= 15 is 0 Å². The summed E-state index contributed by atoms with van der Waals surface area (Å²) in [6.07, 6.45) is 15.6. The molecule has 11 rings (SSSR count). The number of carbonyl (C=O) groups is 5. The first-order chi connectivity index (χ1) is 29.4. The highest BCUT2D eigenvalue weighted by Crippen LogP contribution is 2.61. The maximum absolute atomic E-state index is 12.4. The first kappa shape index (κ1) is 48.2. The van der Waals surface area contributed by atoms with Crippen molar-refractivity contribution in [3.8, 4) is 0 Å². The molecule has 0 aromatic rings. The van der Waals surface area contributed by atoms with E-state index in [1.165, 1.54) is 38.5 Å². The molecule has 10 bridgehead atoms. The van der Waals surface area contributed by atoms with Crippen LogP contribution in [0.2, 0.25) is 0 Å². The van der Waals surface area contributed by atoms with Gasteiger partial charge in [0.25, 0.3) is 0 Å². The molecule has 63 heavy (non-hydrogen) atoms. The molecule has 0 amide bonds. The molecule has 0 aromatic carbocycles. The second-order valence-electron chi connectivity index (χ2n) is 23.9. The molecule has 1 saturated heterocycles. The van der Waals surface area contributed by atoms with Gasteiger partial charge in [-0.1, -0.05) is 20.8 Å². The zero-order valence-electron chi connectivity index (χ0n) is 40.2. The van der Waals surface area contributed by atoms with Gasteiger partial charge in [-0.15, -0.1) is 0 Å². The van der Waals surface area contributed by atoms with Crippen LogP contribution in [0.25, 0.3) is 0 Å². The molecule has 12 nitrogen and oxygen atoms in total. The van der Waals surface area contributed by atoms with E-state index in [1.54, 1.807) is 0 Å². The van der Waals surface area contributed by atoms with E-state index in [1.807, 2.05) is 62.3 Å². The molecule has 0 spiro atoms. The van der Waals surface area contributed by atoms with Gasteiger partial charge in [-0.3, -0.25) is 19.2 Å². The highest BCUT2D eigenvalue weighted by molar-refractivity contribution is 5.79. The third-order valence-electron chi connectivity index (χ3n) is 18.0. The fourth-order valence-corrected chi connectivity index (χ4v) is 13.5. The Morgan fingerprint density at radius 2 is 1.22 bits per heavy atom. The van der Waals surface area contributed by atoms with Crippen LogP contribution in [0.4, 0.5) is 0 Å². The van der Waals surface area contributed by atoms with Gasteiger partial charge < -0.3 is 33.5 Å². The standard InChI is InChI=1S/C21H34O5.C16H26O3.C14H20O4/c1-5-20(2,3)19(23)25-7-6-24-13-18(22)26-21(4)16-9-14-8-15(11-16)12-17(21)10-14;1-4-14(2,3)13(17)19-16-8-11-5-12(9-16)7-15(18,6-11)10-16;1-4-14(2,3)13(16)18-10-7-5-8-9(6-7)12(15)17-11(8)10/h14-17H,5-13H2,1-4H3;11-12,18H,4-10H2,1-3H3;7-11H,4-6H2,1-3H3. The van der Waals surface area contributed by atoms with Gasteiger partial charge in [0, 0.05) is 18.3 Å². The number of rotatable bonds is 14. The van der Waals surface area contributed by atoms with E-state index in [4.69, 9.17) is 28.4 Å². The van der Waals surface area contributed by atoms with E-state index in [9.17, 15) is 29.1 Å². The summed E-state index contributed by atoms with van der Waals surface area (Å²) in [6.45, 7) is 19.8. The molecule has 356 valence electrons. The van der Waals surface area contributed by atoms with Crippen molar-refractivity contribution >= 4 is 29.8 Å². The van der Waals surface area contributed by atoms with E-state index in [2.05, 4.69) is 6.92 Å². The van der Waals surface area contributed by atoms with Crippen molar-refractivity contribution in [2.75, 3.05) is 19.8 Å². The van der Waals surface area contributed by atoms with E-state index in [0.717, 1.165) is 69.6 Å². The molecular formula is C51H80O12. The third-order valence-corrected chi connectivity index (χ3v) is 18.0. The summed E-state index contributed by atoms with van der Waals surface area (Å²) in [5.41, 5.74) is -2.57. The van der Waals surface area contributed by atoms with Crippen LogP contribution in [-0.2, 0) is 52.4 Å². The second kappa shape index (κ2) is 17.8. The minimum Gasteiger partial charge on any atom is -0.463 e. The monoisotopic (exact) mass is 885 g/mol. The molecule has 12 heteroatoms. The lowest BCUT2D eigenvalue weighted by atomic mass is 9.50. The van der Waals surface area contributed by atoms with Crippen molar-refractivity contribution in [3.63, 3.8) is 0 Å². The Morgan fingerprint density at radius 3 is 1.78 bits per heavy atom. The molecule has 10 aliphatic carbocycles. The molecule has 0 radical (unpaired) electrons. The van der Waals surface area contributed by atoms with Gasteiger partial charge in [-0.25, -0.2) is 4.79 Å². The molecule has 1 aliphatic heterocycles. The molecule has 7 atom stereocenters. The maximum atomic E-state index is 12.4. The van der Waals surface area contributed by atoms with Gasteiger partial charge in [0.05, 0.1) is 34.4 Å². The van der Waals surface area contributed by atoms with Crippen molar-refractivity contribution in [3.05, 3.63) is 0 Å². The minimum absolute atomic E-state index is 0.0728. The fraction of sp³-hybridized carbons (Fsp3) is 0.902. The average Bonchev–Trinajstić information content (AvgIpc) is 3.84. The molecule has 0 aromatic heterocycles. The lowest BCUT2D eigenvalue weighted by Crippen LogP contribution is -2.61. The van der Waals surface area contributed by atoms with E-state index in [-0.39, 0.29) is 79.0 Å². The Balaban J connectivity index is 0.000000145. The number of hydrogen-bond donors (Lipinski definition) is 1. The number of ether oxygens (including phenoxy) is 6. The number of aliphatic hydroxyl groups is 1. The maximum Gasteiger partial charge on any atom is 0.332 e. The Bertz CT molecular complexity index is 1690. The van der Waals surface area contributed by atoms with Crippen LogP contribution in [0.3, 0.4) is 0 Å². The largest absolute Gasteiger partial charge is 0.463 e. The van der Waals surface area contributed by atoms with Crippen LogP contribution in [-0.4, -0.2) is 83.8 Å². The van der Waals surface area contributed by atoms with Crippen molar-refractivity contribution in [1.82, 2.24) is 0 Å². The Morgan fingerprint density at radius 1 is 0.683 bits per heavy atom. The van der Waals surface area contributed by atoms with Gasteiger partial charge in [-0.05, 0) is 180 Å².